The van der Waals surface area contributed by atoms with Crippen LogP contribution in [0.15, 0.2) is 71.0 Å². The summed E-state index contributed by atoms with van der Waals surface area (Å²) in [6.45, 7) is 0.513. The van der Waals surface area contributed by atoms with E-state index in [0.717, 1.165) is 10.8 Å². The van der Waals surface area contributed by atoms with Gasteiger partial charge in [-0.1, -0.05) is 29.4 Å². The van der Waals surface area contributed by atoms with Gasteiger partial charge in [-0.3, -0.25) is 8.97 Å². The maximum Gasteiger partial charge on any atom is 0.350 e. The Morgan fingerprint density at radius 3 is 2.72 bits per heavy atom. The number of imidazole rings is 1. The van der Waals surface area contributed by atoms with Crippen molar-refractivity contribution < 1.29 is 0 Å². The van der Waals surface area contributed by atoms with Crippen molar-refractivity contribution in [1.29, 1.82) is 0 Å². The molecule has 1 aromatic carbocycles. The lowest BCUT2D eigenvalue weighted by Gasteiger charge is -2.07. The molecule has 25 heavy (non-hydrogen) atoms. The molecule has 0 bridgehead atoms. The second-order valence-corrected chi connectivity index (χ2v) is 6.84. The first-order chi connectivity index (χ1) is 12.2. The molecule has 0 aliphatic rings. The van der Waals surface area contributed by atoms with Crippen LogP contribution >= 0.6 is 23.4 Å². The van der Waals surface area contributed by atoms with Gasteiger partial charge in [-0.2, -0.15) is 0 Å². The normalized spacial score (nSPS) is 11.2. The number of hydrogen-bond acceptors (Lipinski definition) is 4. The van der Waals surface area contributed by atoms with Crippen molar-refractivity contribution in [2.24, 2.45) is 0 Å². The molecule has 8 heteroatoms. The molecular formula is C17H14ClN5OS. The van der Waals surface area contributed by atoms with E-state index >= 15 is 0 Å². The third-order valence-electron chi connectivity index (χ3n) is 3.73. The molecule has 126 valence electrons. The Balaban J connectivity index is 1.49. The van der Waals surface area contributed by atoms with Gasteiger partial charge in [0.1, 0.15) is 0 Å². The molecule has 4 rings (SSSR count). The van der Waals surface area contributed by atoms with Gasteiger partial charge in [0.15, 0.2) is 10.8 Å². The van der Waals surface area contributed by atoms with Gasteiger partial charge in [-0.15, -0.1) is 5.10 Å². The maximum atomic E-state index is 12.3. The topological polar surface area (TPSA) is 57.1 Å². The Kier molecular flexibility index (Phi) is 4.33. The fraction of sp³-hybridized carbons (Fsp3) is 0.118. The summed E-state index contributed by atoms with van der Waals surface area (Å²) in [5.74, 6) is 0.689. The highest BCUT2D eigenvalue weighted by Gasteiger charge is 2.09. The molecule has 0 unspecified atom stereocenters. The second-order valence-electron chi connectivity index (χ2n) is 5.34. The van der Waals surface area contributed by atoms with Crippen molar-refractivity contribution >= 4 is 29.0 Å². The Morgan fingerprint density at radius 2 is 1.92 bits per heavy atom. The number of thioether (sulfide) groups is 1. The van der Waals surface area contributed by atoms with Crippen molar-refractivity contribution in [2.45, 2.75) is 11.7 Å². The van der Waals surface area contributed by atoms with E-state index in [2.05, 4.69) is 10.1 Å². The Morgan fingerprint density at radius 1 is 1.08 bits per heavy atom. The highest BCUT2D eigenvalue weighted by molar-refractivity contribution is 7.99. The van der Waals surface area contributed by atoms with Gasteiger partial charge in [0.05, 0.1) is 6.54 Å². The minimum Gasteiger partial charge on any atom is -0.295 e. The zero-order valence-electron chi connectivity index (χ0n) is 13.1. The SMILES string of the molecule is O=c1n(CCSc2nccn2-c2ccc(Cl)cc2)nc2ccccn12. The van der Waals surface area contributed by atoms with E-state index in [1.807, 2.05) is 53.2 Å². The van der Waals surface area contributed by atoms with Crippen molar-refractivity contribution in [1.82, 2.24) is 23.7 Å². The first-order valence-electron chi connectivity index (χ1n) is 7.69. The first kappa shape index (κ1) is 16.0. The standard InChI is InChI=1S/C17H14ClN5OS/c18-13-4-6-14(7-5-13)21-10-8-19-16(21)25-12-11-23-17(24)22-9-2-1-3-15(22)20-23/h1-10H,11-12H2. The van der Waals surface area contributed by atoms with Crippen molar-refractivity contribution in [2.75, 3.05) is 5.75 Å². The summed E-state index contributed by atoms with van der Waals surface area (Å²) < 4.78 is 5.02. The molecule has 0 saturated heterocycles. The van der Waals surface area contributed by atoms with Gasteiger partial charge in [0.25, 0.3) is 0 Å². The third-order valence-corrected chi connectivity index (χ3v) is 4.93. The summed E-state index contributed by atoms with van der Waals surface area (Å²) in [6, 6.07) is 13.1. The number of nitrogens with zero attached hydrogens (tertiary/aromatic N) is 5. The Bertz CT molecular complexity index is 1070. The Hall–Kier alpha value is -2.51. The quantitative estimate of drug-likeness (QED) is 0.506. The summed E-state index contributed by atoms with van der Waals surface area (Å²) in [7, 11) is 0. The Labute approximate surface area is 152 Å². The van der Waals surface area contributed by atoms with Gasteiger partial charge < -0.3 is 0 Å². The zero-order chi connectivity index (χ0) is 17.2. The molecule has 6 nitrogen and oxygen atoms in total. The summed E-state index contributed by atoms with van der Waals surface area (Å²) in [6.07, 6.45) is 5.39. The molecular weight excluding hydrogens is 358 g/mol. The van der Waals surface area contributed by atoms with Gasteiger partial charge >= 0.3 is 5.69 Å². The number of hydrogen-bond donors (Lipinski definition) is 0. The van der Waals surface area contributed by atoms with Crippen LogP contribution in [-0.4, -0.2) is 29.5 Å². The van der Waals surface area contributed by atoms with E-state index in [9.17, 15) is 4.79 Å². The number of rotatable bonds is 5. The predicted octanol–water partition coefficient (Wildman–Crippen LogP) is 3.13. The molecule has 3 aromatic heterocycles. The van der Waals surface area contributed by atoms with Crippen LogP contribution in [0, 0.1) is 0 Å². The van der Waals surface area contributed by atoms with E-state index in [4.69, 9.17) is 11.6 Å². The summed E-state index contributed by atoms with van der Waals surface area (Å²) in [5, 5.41) is 5.89. The number of pyridine rings is 1. The lowest BCUT2D eigenvalue weighted by atomic mass is 10.3. The van der Waals surface area contributed by atoms with E-state index < -0.39 is 0 Å². The monoisotopic (exact) mass is 371 g/mol. The maximum absolute atomic E-state index is 12.3. The van der Waals surface area contributed by atoms with E-state index in [0.29, 0.717) is 23.0 Å². The minimum atomic E-state index is -0.128. The molecule has 0 saturated carbocycles. The highest BCUT2D eigenvalue weighted by atomic mass is 35.5. The molecule has 0 fully saturated rings. The summed E-state index contributed by atoms with van der Waals surface area (Å²) in [4.78, 5) is 16.7. The average molecular weight is 372 g/mol. The van der Waals surface area contributed by atoms with Crippen LogP contribution in [0.1, 0.15) is 0 Å². The average Bonchev–Trinajstić information content (AvgIpc) is 3.21. The molecule has 4 aromatic rings. The molecule has 0 atom stereocenters. The molecule has 3 heterocycles. The zero-order valence-corrected chi connectivity index (χ0v) is 14.7. The van der Waals surface area contributed by atoms with E-state index in [-0.39, 0.29) is 5.69 Å². The lowest BCUT2D eigenvalue weighted by Crippen LogP contribution is -2.22. The van der Waals surface area contributed by atoms with Crippen LogP contribution < -0.4 is 5.69 Å². The van der Waals surface area contributed by atoms with Gasteiger partial charge in [-0.05, 0) is 36.4 Å². The van der Waals surface area contributed by atoms with Crippen molar-refractivity contribution in [3.63, 3.8) is 0 Å². The lowest BCUT2D eigenvalue weighted by molar-refractivity contribution is 0.639. The summed E-state index contributed by atoms with van der Waals surface area (Å²) in [5.41, 5.74) is 1.52. The van der Waals surface area contributed by atoms with Crippen molar-refractivity contribution in [3.05, 3.63) is 76.6 Å². The molecule has 0 N–H and O–H groups in total. The molecule has 0 radical (unpaired) electrons. The smallest absolute Gasteiger partial charge is 0.295 e. The molecule has 0 aliphatic heterocycles. The molecule has 0 aliphatic carbocycles. The fourth-order valence-corrected chi connectivity index (χ4v) is 3.55. The number of halogens is 1. The second kappa shape index (κ2) is 6.78. The largest absolute Gasteiger partial charge is 0.350 e. The van der Waals surface area contributed by atoms with Crippen LogP contribution in [0.3, 0.4) is 0 Å². The van der Waals surface area contributed by atoms with E-state index in [1.165, 1.54) is 4.68 Å². The number of aromatic nitrogens is 5. The van der Waals surface area contributed by atoms with Crippen LogP contribution in [0.5, 0.6) is 0 Å². The number of aryl methyl sites for hydroxylation is 1. The minimum absolute atomic E-state index is 0.128. The van der Waals surface area contributed by atoms with E-state index in [1.54, 1.807) is 28.6 Å². The molecule has 0 amide bonds. The summed E-state index contributed by atoms with van der Waals surface area (Å²) >= 11 is 7.52. The van der Waals surface area contributed by atoms with Crippen LogP contribution in [0.25, 0.3) is 11.3 Å². The van der Waals surface area contributed by atoms with Crippen LogP contribution in [0.4, 0.5) is 0 Å². The van der Waals surface area contributed by atoms with Crippen LogP contribution in [0.2, 0.25) is 5.02 Å². The van der Waals surface area contributed by atoms with Gasteiger partial charge in [0.2, 0.25) is 0 Å². The van der Waals surface area contributed by atoms with Gasteiger partial charge in [-0.25, -0.2) is 14.5 Å². The first-order valence-corrected chi connectivity index (χ1v) is 9.05. The third kappa shape index (κ3) is 3.20. The van der Waals surface area contributed by atoms with Crippen molar-refractivity contribution in [3.8, 4) is 5.69 Å². The fourth-order valence-electron chi connectivity index (χ4n) is 2.53. The predicted molar refractivity (Wildman–Crippen MR) is 98.8 cm³/mol. The highest BCUT2D eigenvalue weighted by Crippen LogP contribution is 2.21. The van der Waals surface area contributed by atoms with Crippen LogP contribution in [-0.2, 0) is 6.54 Å². The van der Waals surface area contributed by atoms with Gasteiger partial charge in [0, 0.05) is 35.1 Å². The molecule has 0 spiro atoms. The number of benzene rings is 1. The number of fused-ring (bicyclic) bond motifs is 1.